The Balaban J connectivity index is 1.87. The maximum Gasteiger partial charge on any atom is 0.289 e. The molecule has 9 nitrogen and oxygen atoms in total. The van der Waals surface area contributed by atoms with E-state index in [0.717, 1.165) is 6.54 Å². The van der Waals surface area contributed by atoms with Crippen LogP contribution in [0.1, 0.15) is 37.2 Å². The van der Waals surface area contributed by atoms with E-state index in [9.17, 15) is 18.0 Å². The van der Waals surface area contributed by atoms with Gasteiger partial charge in [0.05, 0.1) is 0 Å². The quantitative estimate of drug-likeness (QED) is 0.632. The van der Waals surface area contributed by atoms with Gasteiger partial charge < -0.3 is 19.5 Å². The highest BCUT2D eigenvalue weighted by Crippen LogP contribution is 2.22. The fourth-order valence-corrected chi connectivity index (χ4v) is 4.21. The molecule has 1 aromatic rings. The molecule has 0 aromatic carbocycles. The minimum Gasteiger partial charge on any atom is -0.438 e. The summed E-state index contributed by atoms with van der Waals surface area (Å²) in [4.78, 5) is 28.8. The molecular formula is C19H32N4O5S. The van der Waals surface area contributed by atoms with Crippen LogP contribution in [0.3, 0.4) is 0 Å². The number of furan rings is 1. The van der Waals surface area contributed by atoms with Crippen molar-refractivity contribution in [2.75, 3.05) is 47.3 Å². The maximum atomic E-state index is 12.6. The summed E-state index contributed by atoms with van der Waals surface area (Å²) in [5.74, 6) is -0.504. The molecule has 10 heteroatoms. The zero-order chi connectivity index (χ0) is 21.8. The normalized spacial score (nSPS) is 16.3. The van der Waals surface area contributed by atoms with Crippen molar-refractivity contribution < 1.29 is 22.4 Å². The van der Waals surface area contributed by atoms with Crippen LogP contribution in [0, 0.1) is 11.3 Å². The summed E-state index contributed by atoms with van der Waals surface area (Å²) in [7, 11) is 1.56. The maximum absolute atomic E-state index is 12.6. The number of sulfonamides is 1. The Morgan fingerprint density at radius 3 is 2.41 bits per heavy atom. The summed E-state index contributed by atoms with van der Waals surface area (Å²) < 4.78 is 30.8. The molecule has 2 amide bonds. The minimum atomic E-state index is -3.73. The summed E-state index contributed by atoms with van der Waals surface area (Å²) in [6.45, 7) is 6.54. The van der Waals surface area contributed by atoms with Crippen molar-refractivity contribution in [3.8, 4) is 0 Å². The Kier molecular flexibility index (Phi) is 7.47. The molecule has 1 saturated heterocycles. The smallest absolute Gasteiger partial charge is 0.289 e. The van der Waals surface area contributed by atoms with Gasteiger partial charge in [-0.15, -0.1) is 0 Å². The van der Waals surface area contributed by atoms with Crippen molar-refractivity contribution in [1.82, 2.24) is 19.8 Å². The molecule has 0 saturated carbocycles. The number of rotatable bonds is 8. The van der Waals surface area contributed by atoms with Gasteiger partial charge in [0, 0.05) is 32.1 Å². The summed E-state index contributed by atoms with van der Waals surface area (Å²) >= 11 is 0. The van der Waals surface area contributed by atoms with Gasteiger partial charge in [-0.25, -0.2) is 13.1 Å². The van der Waals surface area contributed by atoms with Crippen LogP contribution in [-0.2, 0) is 14.8 Å². The Hall–Kier alpha value is -1.91. The molecule has 29 heavy (non-hydrogen) atoms. The van der Waals surface area contributed by atoms with E-state index < -0.39 is 10.0 Å². The molecule has 0 aliphatic carbocycles. The Morgan fingerprint density at radius 1 is 1.24 bits per heavy atom. The third-order valence-corrected chi connectivity index (χ3v) is 6.25. The Labute approximate surface area is 172 Å². The third-order valence-electron chi connectivity index (χ3n) is 4.96. The molecule has 1 fully saturated rings. The number of carbonyl (C=O) groups excluding carboxylic acids is 2. The van der Waals surface area contributed by atoms with Crippen molar-refractivity contribution in [3.05, 3.63) is 17.9 Å². The van der Waals surface area contributed by atoms with Gasteiger partial charge in [-0.05, 0) is 51.5 Å². The van der Waals surface area contributed by atoms with E-state index in [1.807, 2.05) is 14.1 Å². The van der Waals surface area contributed by atoms with E-state index in [4.69, 9.17) is 4.42 Å². The number of hydrogen-bond acceptors (Lipinski definition) is 6. The first kappa shape index (κ1) is 23.4. The third kappa shape index (κ3) is 6.28. The van der Waals surface area contributed by atoms with Gasteiger partial charge in [-0.2, -0.15) is 0 Å². The number of piperidine rings is 1. The lowest BCUT2D eigenvalue weighted by molar-refractivity contribution is -0.126. The van der Waals surface area contributed by atoms with E-state index in [-0.39, 0.29) is 34.0 Å². The zero-order valence-corrected chi connectivity index (χ0v) is 18.6. The highest BCUT2D eigenvalue weighted by Gasteiger charge is 2.30. The number of carbonyl (C=O) groups is 2. The Bertz CT molecular complexity index is 823. The van der Waals surface area contributed by atoms with Crippen LogP contribution < -0.4 is 10.0 Å². The first-order valence-electron chi connectivity index (χ1n) is 9.70. The van der Waals surface area contributed by atoms with Crippen LogP contribution in [0.4, 0.5) is 0 Å². The lowest BCUT2D eigenvalue weighted by atomic mass is 9.91. The number of hydrogen-bond donors (Lipinski definition) is 2. The topological polar surface area (TPSA) is 112 Å². The highest BCUT2D eigenvalue weighted by atomic mass is 32.2. The number of nitrogens with one attached hydrogen (secondary N) is 2. The number of nitrogens with zero attached hydrogens (tertiary/aromatic N) is 2. The summed E-state index contributed by atoms with van der Waals surface area (Å²) in [6.07, 6.45) is 1.13. The van der Waals surface area contributed by atoms with E-state index in [0.29, 0.717) is 32.5 Å². The van der Waals surface area contributed by atoms with E-state index >= 15 is 0 Å². The fourth-order valence-electron chi connectivity index (χ4n) is 3.56. The molecule has 2 N–H and O–H groups in total. The van der Waals surface area contributed by atoms with Gasteiger partial charge >= 0.3 is 0 Å². The van der Waals surface area contributed by atoms with Crippen LogP contribution in [0.2, 0.25) is 0 Å². The van der Waals surface area contributed by atoms with Crippen molar-refractivity contribution in [1.29, 1.82) is 0 Å². The Morgan fingerprint density at radius 2 is 1.86 bits per heavy atom. The second kappa shape index (κ2) is 9.27. The average molecular weight is 429 g/mol. The lowest BCUT2D eigenvalue weighted by Gasteiger charge is -2.32. The van der Waals surface area contributed by atoms with E-state index in [2.05, 4.69) is 28.8 Å². The van der Waals surface area contributed by atoms with E-state index in [1.165, 1.54) is 19.2 Å². The molecular weight excluding hydrogens is 396 g/mol. The molecule has 1 aliphatic rings. The molecule has 0 spiro atoms. The highest BCUT2D eigenvalue weighted by molar-refractivity contribution is 7.89. The van der Waals surface area contributed by atoms with E-state index in [1.54, 1.807) is 4.90 Å². The van der Waals surface area contributed by atoms with Crippen molar-refractivity contribution in [2.45, 2.75) is 31.8 Å². The van der Waals surface area contributed by atoms with Gasteiger partial charge in [0.15, 0.2) is 5.76 Å². The zero-order valence-electron chi connectivity index (χ0n) is 17.8. The van der Waals surface area contributed by atoms with Gasteiger partial charge in [0.1, 0.15) is 0 Å². The first-order valence-corrected chi connectivity index (χ1v) is 11.2. The van der Waals surface area contributed by atoms with Crippen LogP contribution in [0.15, 0.2) is 21.6 Å². The van der Waals surface area contributed by atoms with Gasteiger partial charge in [-0.3, -0.25) is 9.59 Å². The SMILES string of the molecule is CNS(=O)(=O)c1ccc(C(=O)N2CCC(C(=O)NCC(C)(C)CN(C)C)CC2)o1. The van der Waals surface area contributed by atoms with Gasteiger partial charge in [0.2, 0.25) is 11.0 Å². The summed E-state index contributed by atoms with van der Waals surface area (Å²) in [5, 5.41) is 2.75. The molecule has 2 heterocycles. The predicted octanol–water partition coefficient (Wildman–Crippen LogP) is 0.744. The van der Waals surface area contributed by atoms with Crippen LogP contribution in [0.25, 0.3) is 0 Å². The van der Waals surface area contributed by atoms with Gasteiger partial charge in [0.25, 0.3) is 15.9 Å². The largest absolute Gasteiger partial charge is 0.438 e. The molecule has 0 bridgehead atoms. The molecule has 1 aromatic heterocycles. The molecule has 1 aliphatic heterocycles. The monoisotopic (exact) mass is 428 g/mol. The molecule has 0 atom stereocenters. The van der Waals surface area contributed by atoms with Crippen LogP contribution in [0.5, 0.6) is 0 Å². The first-order chi connectivity index (χ1) is 13.4. The fraction of sp³-hybridized carbons (Fsp3) is 0.684. The molecule has 0 radical (unpaired) electrons. The minimum absolute atomic E-state index is 0.0179. The van der Waals surface area contributed by atoms with Gasteiger partial charge in [-0.1, -0.05) is 13.8 Å². The molecule has 164 valence electrons. The molecule has 0 unspecified atom stereocenters. The van der Waals surface area contributed by atoms with Crippen LogP contribution >= 0.6 is 0 Å². The average Bonchev–Trinajstić information content (AvgIpc) is 3.16. The summed E-state index contributed by atoms with van der Waals surface area (Å²) in [6, 6.07) is 2.62. The summed E-state index contributed by atoms with van der Waals surface area (Å²) in [5.41, 5.74) is -0.0273. The predicted molar refractivity (Wildman–Crippen MR) is 109 cm³/mol. The number of amides is 2. The molecule has 2 rings (SSSR count). The lowest BCUT2D eigenvalue weighted by Crippen LogP contribution is -2.46. The second-order valence-corrected chi connectivity index (χ2v) is 10.3. The van der Waals surface area contributed by atoms with Crippen molar-refractivity contribution in [3.63, 3.8) is 0 Å². The van der Waals surface area contributed by atoms with Crippen molar-refractivity contribution in [2.24, 2.45) is 11.3 Å². The van der Waals surface area contributed by atoms with Crippen molar-refractivity contribution >= 4 is 21.8 Å². The van der Waals surface area contributed by atoms with Crippen LogP contribution in [-0.4, -0.2) is 77.4 Å². The standard InChI is InChI=1S/C19H32N4O5S/c1-19(2,13-22(4)5)12-21-17(24)14-8-10-23(11-9-14)18(25)15-6-7-16(28-15)29(26,27)20-3/h6-7,14,20H,8-13H2,1-5H3,(H,21,24). The number of likely N-dealkylation sites (tertiary alicyclic amines) is 1. The second-order valence-electron chi connectivity index (χ2n) is 8.51.